The van der Waals surface area contributed by atoms with E-state index in [4.69, 9.17) is 14.7 Å². The maximum atomic E-state index is 12.7. The molecule has 2 aromatic rings. The van der Waals surface area contributed by atoms with Crippen LogP contribution < -0.4 is 9.47 Å². The molecule has 4 heterocycles. The molecule has 1 atom stereocenters. The Morgan fingerprint density at radius 1 is 1.26 bits per heavy atom. The number of likely N-dealkylation sites (tertiary alicyclic amines) is 1. The van der Waals surface area contributed by atoms with Gasteiger partial charge in [0.2, 0.25) is 5.82 Å². The third kappa shape index (κ3) is 4.56. The fourth-order valence-corrected chi connectivity index (χ4v) is 4.53. The molecular weight excluding hydrogens is 461 g/mol. The molecule has 1 fully saturated rings. The molecule has 1 saturated heterocycles. The Hall–Kier alpha value is -3.58. The number of tetrazole rings is 1. The van der Waals surface area contributed by atoms with Crippen LogP contribution in [0.4, 0.5) is 13.2 Å². The molecule has 3 aliphatic heterocycles. The highest BCUT2D eigenvalue weighted by Crippen LogP contribution is 2.44. The summed E-state index contributed by atoms with van der Waals surface area (Å²) in [5.74, 6) is 0.129. The van der Waals surface area contributed by atoms with E-state index in [-0.39, 0.29) is 11.6 Å². The minimum Gasteiger partial charge on any atom is -0.487 e. The van der Waals surface area contributed by atoms with E-state index in [2.05, 4.69) is 30.2 Å². The van der Waals surface area contributed by atoms with E-state index >= 15 is 0 Å². The minimum atomic E-state index is -4.75. The number of aromatic nitrogens is 4. The van der Waals surface area contributed by atoms with Gasteiger partial charge in [-0.05, 0) is 30.2 Å². The Balaban J connectivity index is 1.19. The van der Waals surface area contributed by atoms with Crippen LogP contribution in [-0.4, -0.2) is 67.1 Å². The molecule has 0 bridgehead atoms. The normalized spacial score (nSPS) is 21.4. The number of hydrogen-bond acceptors (Lipinski definition) is 9. The molecule has 0 amide bonds. The summed E-state index contributed by atoms with van der Waals surface area (Å²) in [7, 11) is 0. The molecule has 0 radical (unpaired) electrons. The zero-order valence-corrected chi connectivity index (χ0v) is 17.9. The fraction of sp³-hybridized carbons (Fsp3) is 0.550. The van der Waals surface area contributed by atoms with Crippen LogP contribution in [0, 0.1) is 0 Å². The van der Waals surface area contributed by atoms with Crippen molar-refractivity contribution in [1.82, 2.24) is 25.1 Å². The van der Waals surface area contributed by atoms with Gasteiger partial charge in [0, 0.05) is 31.5 Å². The number of piperidine rings is 1. The van der Waals surface area contributed by atoms with Crippen molar-refractivity contribution in [2.45, 2.75) is 56.7 Å². The first-order valence-corrected chi connectivity index (χ1v) is 10.7. The number of rotatable bonds is 4. The predicted molar refractivity (Wildman–Crippen MR) is 107 cm³/mol. The highest BCUT2D eigenvalue weighted by Gasteiger charge is 2.43. The predicted octanol–water partition coefficient (Wildman–Crippen LogP) is 2.29. The topological polar surface area (TPSA) is 124 Å². The van der Waals surface area contributed by atoms with Gasteiger partial charge in [-0.15, -0.1) is 23.4 Å². The summed E-state index contributed by atoms with van der Waals surface area (Å²) >= 11 is 0. The van der Waals surface area contributed by atoms with E-state index in [1.54, 1.807) is 6.07 Å². The first-order valence-electron chi connectivity index (χ1n) is 10.7. The first kappa shape index (κ1) is 22.2. The molecular formula is C20H21F3N6O5. The standard InChI is InChI=1S/C20H21F3N6O5/c21-20(22,23)33-14-3-1-2-13-12(14)4-5-19(32-13)6-8-28(9-7-19)16-10-15(34-26-16)18-24-27-29(25-18)11-17(30)31/h1-3,15H,4-11H2,(H,30,31). The highest BCUT2D eigenvalue weighted by atomic mass is 19.4. The van der Waals surface area contributed by atoms with Gasteiger partial charge in [0.25, 0.3) is 0 Å². The van der Waals surface area contributed by atoms with Crippen molar-refractivity contribution >= 4 is 11.8 Å². The summed E-state index contributed by atoms with van der Waals surface area (Å²) in [6.07, 6.45) is -2.50. The molecule has 3 aliphatic rings. The maximum absolute atomic E-state index is 12.7. The number of oxime groups is 1. The third-order valence-electron chi connectivity index (χ3n) is 6.20. The van der Waals surface area contributed by atoms with Crippen LogP contribution in [0.1, 0.15) is 43.2 Å². The Morgan fingerprint density at radius 2 is 2.06 bits per heavy atom. The molecule has 5 rings (SSSR count). The summed E-state index contributed by atoms with van der Waals surface area (Å²) < 4.78 is 48.5. The lowest BCUT2D eigenvalue weighted by atomic mass is 9.83. The van der Waals surface area contributed by atoms with Gasteiger partial charge in [-0.25, -0.2) is 0 Å². The van der Waals surface area contributed by atoms with Crippen molar-refractivity contribution in [3.63, 3.8) is 0 Å². The second kappa shape index (κ2) is 8.33. The number of fused-ring (bicyclic) bond motifs is 1. The van der Waals surface area contributed by atoms with Crippen LogP contribution in [0.3, 0.4) is 0 Å². The van der Waals surface area contributed by atoms with E-state index in [0.29, 0.717) is 56.5 Å². The molecule has 1 aromatic heterocycles. The Labute approximate surface area is 191 Å². The average Bonchev–Trinajstić information content (AvgIpc) is 3.43. The Kier molecular flexibility index (Phi) is 5.44. The number of carboxylic acid groups (broad SMARTS) is 1. The monoisotopic (exact) mass is 482 g/mol. The highest BCUT2D eigenvalue weighted by molar-refractivity contribution is 5.83. The lowest BCUT2D eigenvalue weighted by molar-refractivity contribution is -0.275. The molecule has 1 spiro atoms. The summed E-state index contributed by atoms with van der Waals surface area (Å²) in [5.41, 5.74) is -0.0198. The van der Waals surface area contributed by atoms with Crippen molar-refractivity contribution in [2.75, 3.05) is 13.1 Å². The fourth-order valence-electron chi connectivity index (χ4n) is 4.53. The van der Waals surface area contributed by atoms with Crippen molar-refractivity contribution in [2.24, 2.45) is 5.16 Å². The lowest BCUT2D eigenvalue weighted by Crippen LogP contribution is -2.51. The van der Waals surface area contributed by atoms with Crippen LogP contribution in [-0.2, 0) is 22.6 Å². The van der Waals surface area contributed by atoms with Gasteiger partial charge >= 0.3 is 12.3 Å². The zero-order chi connectivity index (χ0) is 23.9. The number of carboxylic acids is 1. The van der Waals surface area contributed by atoms with E-state index in [1.807, 2.05) is 0 Å². The number of halogens is 3. The molecule has 182 valence electrons. The zero-order valence-electron chi connectivity index (χ0n) is 17.9. The van der Waals surface area contributed by atoms with Crippen LogP contribution in [0.15, 0.2) is 23.4 Å². The Bertz CT molecular complexity index is 1110. The second-order valence-corrected chi connectivity index (χ2v) is 8.43. The first-order chi connectivity index (χ1) is 16.2. The molecule has 1 unspecified atom stereocenters. The SMILES string of the molecule is O=C(O)Cn1nnc(C2CC(N3CCC4(CCc5c(OC(F)(F)F)cccc5O4)CC3)=NO2)n1. The van der Waals surface area contributed by atoms with Crippen LogP contribution >= 0.6 is 0 Å². The molecule has 0 aliphatic carbocycles. The lowest BCUT2D eigenvalue weighted by Gasteiger charge is -2.45. The third-order valence-corrected chi connectivity index (χ3v) is 6.20. The van der Waals surface area contributed by atoms with Gasteiger partial charge < -0.3 is 24.3 Å². The van der Waals surface area contributed by atoms with Gasteiger partial charge in [-0.1, -0.05) is 11.2 Å². The van der Waals surface area contributed by atoms with E-state index in [1.165, 1.54) is 12.1 Å². The van der Waals surface area contributed by atoms with E-state index in [0.717, 1.165) is 10.6 Å². The van der Waals surface area contributed by atoms with Gasteiger partial charge in [0.1, 0.15) is 22.9 Å². The second-order valence-electron chi connectivity index (χ2n) is 8.43. The van der Waals surface area contributed by atoms with Crippen LogP contribution in [0.5, 0.6) is 11.5 Å². The van der Waals surface area contributed by atoms with Crippen molar-refractivity contribution in [1.29, 1.82) is 0 Å². The average molecular weight is 482 g/mol. The number of amidine groups is 1. The summed E-state index contributed by atoms with van der Waals surface area (Å²) in [6, 6.07) is 4.48. The summed E-state index contributed by atoms with van der Waals surface area (Å²) in [5, 5.41) is 24.5. The van der Waals surface area contributed by atoms with E-state index < -0.39 is 30.6 Å². The number of alkyl halides is 3. The molecule has 1 N–H and O–H groups in total. The van der Waals surface area contributed by atoms with Crippen LogP contribution in [0.2, 0.25) is 0 Å². The van der Waals surface area contributed by atoms with Crippen molar-refractivity contribution in [3.05, 3.63) is 29.6 Å². The molecule has 34 heavy (non-hydrogen) atoms. The van der Waals surface area contributed by atoms with Crippen molar-refractivity contribution < 1.29 is 37.4 Å². The smallest absolute Gasteiger partial charge is 0.487 e. The number of aliphatic carboxylic acids is 1. The number of hydrogen-bond donors (Lipinski definition) is 1. The van der Waals surface area contributed by atoms with Gasteiger partial charge in [-0.3, -0.25) is 4.79 Å². The number of ether oxygens (including phenoxy) is 2. The summed E-state index contributed by atoms with van der Waals surface area (Å²) in [4.78, 5) is 19.3. The van der Waals surface area contributed by atoms with Gasteiger partial charge in [0.15, 0.2) is 12.6 Å². The maximum Gasteiger partial charge on any atom is 0.573 e. The Morgan fingerprint density at radius 3 is 2.79 bits per heavy atom. The minimum absolute atomic E-state index is 0.213. The van der Waals surface area contributed by atoms with Gasteiger partial charge in [0.05, 0.1) is 6.42 Å². The van der Waals surface area contributed by atoms with Crippen LogP contribution in [0.25, 0.3) is 0 Å². The number of benzene rings is 1. The van der Waals surface area contributed by atoms with Gasteiger partial charge in [-0.2, -0.15) is 4.80 Å². The number of nitrogens with zero attached hydrogens (tertiary/aromatic N) is 6. The van der Waals surface area contributed by atoms with Crippen molar-refractivity contribution in [3.8, 4) is 11.5 Å². The quantitative estimate of drug-likeness (QED) is 0.699. The largest absolute Gasteiger partial charge is 0.573 e. The molecule has 11 nitrogen and oxygen atoms in total. The molecule has 14 heteroatoms. The van der Waals surface area contributed by atoms with E-state index in [9.17, 15) is 18.0 Å². The molecule has 0 saturated carbocycles. The number of carbonyl (C=O) groups is 1. The molecule has 1 aromatic carbocycles. The summed E-state index contributed by atoms with van der Waals surface area (Å²) in [6.45, 7) is 0.888.